The Balaban J connectivity index is 1.64. The molecule has 1 amide bonds. The van der Waals surface area contributed by atoms with Crippen LogP contribution in [0.25, 0.3) is 10.6 Å². The molecule has 25 heavy (non-hydrogen) atoms. The molecule has 0 spiro atoms. The van der Waals surface area contributed by atoms with Gasteiger partial charge in [-0.2, -0.15) is 0 Å². The SMILES string of the molecule is Cc1nc(-c2ccc(F)cc2)sc1C(=O)NC(C)CN1CCOCC1. The molecule has 1 saturated heterocycles. The van der Waals surface area contributed by atoms with Crippen LogP contribution in [0.2, 0.25) is 0 Å². The fourth-order valence-electron chi connectivity index (χ4n) is 2.83. The van der Waals surface area contributed by atoms with Crippen molar-refractivity contribution < 1.29 is 13.9 Å². The number of amides is 1. The third-order valence-electron chi connectivity index (χ3n) is 4.11. The summed E-state index contributed by atoms with van der Waals surface area (Å²) < 4.78 is 18.4. The molecule has 0 bridgehead atoms. The van der Waals surface area contributed by atoms with E-state index in [0.717, 1.165) is 43.4 Å². The Morgan fingerprint density at radius 2 is 2.04 bits per heavy atom. The van der Waals surface area contributed by atoms with Crippen LogP contribution in [0.1, 0.15) is 22.3 Å². The molecule has 2 heterocycles. The van der Waals surface area contributed by atoms with Crippen molar-refractivity contribution in [3.63, 3.8) is 0 Å². The minimum absolute atomic E-state index is 0.0429. The van der Waals surface area contributed by atoms with Gasteiger partial charge in [0.2, 0.25) is 0 Å². The Kier molecular flexibility index (Phi) is 5.78. The van der Waals surface area contributed by atoms with E-state index in [0.29, 0.717) is 10.6 Å². The maximum atomic E-state index is 13.1. The molecule has 7 heteroatoms. The molecule has 1 atom stereocenters. The summed E-state index contributed by atoms with van der Waals surface area (Å²) in [4.78, 5) is 19.9. The number of carbonyl (C=O) groups excluding carboxylic acids is 1. The van der Waals surface area contributed by atoms with Crippen LogP contribution in [0.15, 0.2) is 24.3 Å². The van der Waals surface area contributed by atoms with Crippen molar-refractivity contribution in [2.45, 2.75) is 19.9 Å². The summed E-state index contributed by atoms with van der Waals surface area (Å²) in [6, 6.07) is 6.19. The molecule has 0 saturated carbocycles. The second-order valence-corrected chi connectivity index (χ2v) is 7.23. The molecule has 1 unspecified atom stereocenters. The monoisotopic (exact) mass is 363 g/mol. The minimum Gasteiger partial charge on any atom is -0.379 e. The third-order valence-corrected chi connectivity index (χ3v) is 5.31. The Labute approximate surface area is 150 Å². The van der Waals surface area contributed by atoms with Crippen molar-refractivity contribution in [3.8, 4) is 10.6 Å². The van der Waals surface area contributed by atoms with Gasteiger partial charge in [-0.1, -0.05) is 0 Å². The van der Waals surface area contributed by atoms with Crippen molar-refractivity contribution in [1.82, 2.24) is 15.2 Å². The first-order chi connectivity index (χ1) is 12.0. The smallest absolute Gasteiger partial charge is 0.263 e. The highest BCUT2D eigenvalue weighted by Crippen LogP contribution is 2.28. The summed E-state index contributed by atoms with van der Waals surface area (Å²) in [5.41, 5.74) is 1.51. The van der Waals surface area contributed by atoms with Crippen LogP contribution in [0, 0.1) is 12.7 Å². The molecule has 1 fully saturated rings. The Hall–Kier alpha value is -1.83. The first-order valence-corrected chi connectivity index (χ1v) is 9.19. The number of nitrogens with zero attached hydrogens (tertiary/aromatic N) is 2. The van der Waals surface area contributed by atoms with E-state index in [4.69, 9.17) is 4.74 Å². The number of aryl methyl sites for hydroxylation is 1. The summed E-state index contributed by atoms with van der Waals surface area (Å²) in [6.07, 6.45) is 0. The number of hydrogen-bond donors (Lipinski definition) is 1. The van der Waals surface area contributed by atoms with E-state index in [1.165, 1.54) is 23.5 Å². The molecule has 0 aliphatic carbocycles. The van der Waals surface area contributed by atoms with E-state index in [-0.39, 0.29) is 17.8 Å². The average molecular weight is 363 g/mol. The molecule has 3 rings (SSSR count). The number of halogens is 1. The average Bonchev–Trinajstić information content (AvgIpc) is 2.98. The number of thiazole rings is 1. The second-order valence-electron chi connectivity index (χ2n) is 6.23. The van der Waals surface area contributed by atoms with Crippen LogP contribution < -0.4 is 5.32 Å². The first kappa shape index (κ1) is 18.0. The number of carbonyl (C=O) groups is 1. The standard InChI is InChI=1S/C18H22FN3O2S/c1-12(11-22-7-9-24-10-8-22)20-17(23)16-13(2)21-18(25-16)14-3-5-15(19)6-4-14/h3-6,12H,7-11H2,1-2H3,(H,20,23). The lowest BCUT2D eigenvalue weighted by atomic mass is 10.2. The highest BCUT2D eigenvalue weighted by Gasteiger charge is 2.20. The Morgan fingerprint density at radius 3 is 2.72 bits per heavy atom. The van der Waals surface area contributed by atoms with Gasteiger partial charge in [-0.15, -0.1) is 11.3 Å². The predicted octanol–water partition coefficient (Wildman–Crippen LogP) is 2.71. The molecule has 1 aliphatic rings. The van der Waals surface area contributed by atoms with Crippen LogP contribution in [0.3, 0.4) is 0 Å². The predicted molar refractivity (Wildman–Crippen MR) is 96.4 cm³/mol. The van der Waals surface area contributed by atoms with E-state index in [1.54, 1.807) is 12.1 Å². The van der Waals surface area contributed by atoms with Crippen LogP contribution in [-0.2, 0) is 4.74 Å². The van der Waals surface area contributed by atoms with Crippen LogP contribution >= 0.6 is 11.3 Å². The molecular weight excluding hydrogens is 341 g/mol. The summed E-state index contributed by atoms with van der Waals surface area (Å²) in [5, 5.41) is 3.77. The number of benzene rings is 1. The van der Waals surface area contributed by atoms with Crippen molar-refractivity contribution >= 4 is 17.2 Å². The molecule has 2 aromatic rings. The molecule has 1 aromatic heterocycles. The summed E-state index contributed by atoms with van der Waals surface area (Å²) in [7, 11) is 0. The second kappa shape index (κ2) is 8.03. The van der Waals surface area contributed by atoms with Crippen molar-refractivity contribution in [3.05, 3.63) is 40.7 Å². The van der Waals surface area contributed by atoms with Gasteiger partial charge < -0.3 is 10.1 Å². The zero-order chi connectivity index (χ0) is 17.8. The normalized spacial score (nSPS) is 16.6. The minimum atomic E-state index is -0.285. The van der Waals surface area contributed by atoms with Gasteiger partial charge in [0.15, 0.2) is 0 Å². The van der Waals surface area contributed by atoms with Gasteiger partial charge in [-0.3, -0.25) is 9.69 Å². The van der Waals surface area contributed by atoms with Gasteiger partial charge in [-0.25, -0.2) is 9.37 Å². The lowest BCUT2D eigenvalue weighted by molar-refractivity contribution is 0.0342. The van der Waals surface area contributed by atoms with Crippen LogP contribution in [-0.4, -0.2) is 54.7 Å². The summed E-state index contributed by atoms with van der Waals surface area (Å²) >= 11 is 1.34. The molecule has 0 radical (unpaired) electrons. The largest absolute Gasteiger partial charge is 0.379 e. The topological polar surface area (TPSA) is 54.5 Å². The molecule has 134 valence electrons. The zero-order valence-corrected chi connectivity index (χ0v) is 15.2. The number of rotatable bonds is 5. The number of aromatic nitrogens is 1. The quantitative estimate of drug-likeness (QED) is 0.887. The van der Waals surface area contributed by atoms with E-state index < -0.39 is 0 Å². The van der Waals surface area contributed by atoms with E-state index in [9.17, 15) is 9.18 Å². The molecule has 1 aliphatic heterocycles. The van der Waals surface area contributed by atoms with E-state index >= 15 is 0 Å². The highest BCUT2D eigenvalue weighted by molar-refractivity contribution is 7.17. The Morgan fingerprint density at radius 1 is 1.36 bits per heavy atom. The van der Waals surface area contributed by atoms with Crippen molar-refractivity contribution in [1.29, 1.82) is 0 Å². The van der Waals surface area contributed by atoms with E-state index in [2.05, 4.69) is 15.2 Å². The highest BCUT2D eigenvalue weighted by atomic mass is 32.1. The van der Waals surface area contributed by atoms with Gasteiger partial charge >= 0.3 is 0 Å². The zero-order valence-electron chi connectivity index (χ0n) is 14.4. The molecule has 5 nitrogen and oxygen atoms in total. The lowest BCUT2D eigenvalue weighted by Gasteiger charge is -2.29. The maximum absolute atomic E-state index is 13.1. The molecular formula is C18H22FN3O2S. The van der Waals surface area contributed by atoms with Gasteiger partial charge in [0.1, 0.15) is 15.7 Å². The van der Waals surface area contributed by atoms with Gasteiger partial charge in [-0.05, 0) is 38.1 Å². The lowest BCUT2D eigenvalue weighted by Crippen LogP contribution is -2.46. The van der Waals surface area contributed by atoms with Gasteiger partial charge in [0.25, 0.3) is 5.91 Å². The molecule has 1 N–H and O–H groups in total. The first-order valence-electron chi connectivity index (χ1n) is 8.37. The summed E-state index contributed by atoms with van der Waals surface area (Å²) in [5.74, 6) is -0.393. The Bertz CT molecular complexity index is 726. The number of hydrogen-bond acceptors (Lipinski definition) is 5. The summed E-state index contributed by atoms with van der Waals surface area (Å²) in [6.45, 7) is 7.92. The van der Waals surface area contributed by atoms with Gasteiger partial charge in [0.05, 0.1) is 18.9 Å². The fourth-order valence-corrected chi connectivity index (χ4v) is 3.80. The number of nitrogens with one attached hydrogen (secondary N) is 1. The third kappa shape index (κ3) is 4.62. The van der Waals surface area contributed by atoms with Crippen LogP contribution in [0.4, 0.5) is 4.39 Å². The number of ether oxygens (including phenoxy) is 1. The van der Waals surface area contributed by atoms with Crippen molar-refractivity contribution in [2.24, 2.45) is 0 Å². The molecule has 1 aromatic carbocycles. The fraction of sp³-hybridized carbons (Fsp3) is 0.444. The number of morpholine rings is 1. The maximum Gasteiger partial charge on any atom is 0.263 e. The van der Waals surface area contributed by atoms with Crippen molar-refractivity contribution in [2.75, 3.05) is 32.8 Å². The van der Waals surface area contributed by atoms with E-state index in [1.807, 2.05) is 13.8 Å². The van der Waals surface area contributed by atoms with Crippen LogP contribution in [0.5, 0.6) is 0 Å². The van der Waals surface area contributed by atoms with Gasteiger partial charge in [0, 0.05) is 31.2 Å².